The van der Waals surface area contributed by atoms with Gasteiger partial charge in [0.25, 0.3) is 5.91 Å². The standard InChI is InChI=1S/C22H29N3O4S/c1-4-9-24(10-5-2)21(26)13-25-18-12-16(6-7-19(18)29-14-22(25)27)17-15-30-20(23-17)8-11-28-3/h6-7,12,15H,4-5,8-11,13-14H2,1-3H3. The van der Waals surface area contributed by atoms with E-state index in [1.807, 2.05) is 42.3 Å². The Morgan fingerprint density at radius 1 is 1.30 bits per heavy atom. The van der Waals surface area contributed by atoms with E-state index in [9.17, 15) is 9.59 Å². The second kappa shape index (κ2) is 10.5. The van der Waals surface area contributed by atoms with E-state index in [2.05, 4.69) is 4.98 Å². The number of carbonyl (C=O) groups is 2. The number of aromatic nitrogens is 1. The summed E-state index contributed by atoms with van der Waals surface area (Å²) in [5, 5.41) is 3.00. The summed E-state index contributed by atoms with van der Waals surface area (Å²) in [5.41, 5.74) is 2.36. The molecule has 1 aliphatic heterocycles. The summed E-state index contributed by atoms with van der Waals surface area (Å²) in [6.07, 6.45) is 2.54. The third-order valence-corrected chi connectivity index (χ3v) is 5.81. The third kappa shape index (κ3) is 5.17. The molecule has 1 aliphatic rings. The average Bonchev–Trinajstić information content (AvgIpc) is 3.22. The summed E-state index contributed by atoms with van der Waals surface area (Å²) in [4.78, 5) is 33.5. The first-order valence-electron chi connectivity index (χ1n) is 10.4. The van der Waals surface area contributed by atoms with Crippen LogP contribution in [0, 0.1) is 0 Å². The molecular formula is C22H29N3O4S. The van der Waals surface area contributed by atoms with Crippen LogP contribution < -0.4 is 9.64 Å². The van der Waals surface area contributed by atoms with E-state index < -0.39 is 0 Å². The maximum Gasteiger partial charge on any atom is 0.265 e. The van der Waals surface area contributed by atoms with E-state index in [1.54, 1.807) is 23.3 Å². The summed E-state index contributed by atoms with van der Waals surface area (Å²) < 4.78 is 10.7. The topological polar surface area (TPSA) is 72.0 Å². The Balaban J connectivity index is 1.84. The van der Waals surface area contributed by atoms with Crippen molar-refractivity contribution in [2.45, 2.75) is 33.1 Å². The van der Waals surface area contributed by atoms with Gasteiger partial charge in [0.05, 0.1) is 23.0 Å². The van der Waals surface area contributed by atoms with Gasteiger partial charge in [0.1, 0.15) is 12.3 Å². The second-order valence-electron chi connectivity index (χ2n) is 7.20. The molecule has 0 fully saturated rings. The van der Waals surface area contributed by atoms with Crippen LogP contribution in [-0.4, -0.2) is 61.7 Å². The molecule has 7 nitrogen and oxygen atoms in total. The molecular weight excluding hydrogens is 402 g/mol. The molecule has 1 aromatic carbocycles. The number of methoxy groups -OCH3 is 1. The normalized spacial score (nSPS) is 13.2. The quantitative estimate of drug-likeness (QED) is 0.577. The Morgan fingerprint density at radius 2 is 2.07 bits per heavy atom. The number of hydrogen-bond donors (Lipinski definition) is 0. The molecule has 0 unspecified atom stereocenters. The van der Waals surface area contributed by atoms with E-state index in [0.29, 0.717) is 31.1 Å². The Hall–Kier alpha value is -2.45. The molecule has 0 N–H and O–H groups in total. The monoisotopic (exact) mass is 431 g/mol. The molecule has 2 heterocycles. The fourth-order valence-electron chi connectivity index (χ4n) is 3.42. The second-order valence-corrected chi connectivity index (χ2v) is 8.14. The SMILES string of the molecule is CCCN(CCC)C(=O)CN1C(=O)COc2ccc(-c3csc(CCOC)n3)cc21. The van der Waals surface area contributed by atoms with Gasteiger partial charge in [0, 0.05) is 37.6 Å². The molecule has 1 aromatic heterocycles. The maximum absolute atomic E-state index is 12.9. The first kappa shape index (κ1) is 22.2. The number of ether oxygens (including phenoxy) is 2. The Morgan fingerprint density at radius 3 is 2.77 bits per heavy atom. The van der Waals surface area contributed by atoms with Crippen molar-refractivity contribution in [1.82, 2.24) is 9.88 Å². The van der Waals surface area contributed by atoms with Crippen molar-refractivity contribution in [1.29, 1.82) is 0 Å². The zero-order valence-electron chi connectivity index (χ0n) is 17.8. The summed E-state index contributed by atoms with van der Waals surface area (Å²) in [5.74, 6) is 0.361. The van der Waals surface area contributed by atoms with Crippen molar-refractivity contribution in [3.8, 4) is 17.0 Å². The average molecular weight is 432 g/mol. The molecule has 2 aromatic rings. The number of nitrogens with zero attached hydrogens (tertiary/aromatic N) is 3. The van der Waals surface area contributed by atoms with Crippen molar-refractivity contribution in [3.63, 3.8) is 0 Å². The zero-order valence-corrected chi connectivity index (χ0v) is 18.7. The molecule has 0 bridgehead atoms. The van der Waals surface area contributed by atoms with Gasteiger partial charge in [0.2, 0.25) is 5.91 Å². The molecule has 162 valence electrons. The fraction of sp³-hybridized carbons (Fsp3) is 0.500. The van der Waals surface area contributed by atoms with Gasteiger partial charge in [-0.1, -0.05) is 13.8 Å². The Kier molecular flexibility index (Phi) is 7.81. The van der Waals surface area contributed by atoms with E-state index >= 15 is 0 Å². The summed E-state index contributed by atoms with van der Waals surface area (Å²) >= 11 is 1.58. The number of carbonyl (C=O) groups excluding carboxylic acids is 2. The van der Waals surface area contributed by atoms with Gasteiger partial charge in [-0.3, -0.25) is 14.5 Å². The lowest BCUT2D eigenvalue weighted by Crippen LogP contribution is -2.46. The van der Waals surface area contributed by atoms with Crippen molar-refractivity contribution in [3.05, 3.63) is 28.6 Å². The zero-order chi connectivity index (χ0) is 21.5. The first-order valence-corrected chi connectivity index (χ1v) is 11.2. The van der Waals surface area contributed by atoms with Crippen LogP contribution in [0.1, 0.15) is 31.7 Å². The highest BCUT2D eigenvalue weighted by atomic mass is 32.1. The molecule has 0 radical (unpaired) electrons. The summed E-state index contributed by atoms with van der Waals surface area (Å²) in [6.45, 7) is 6.08. The molecule has 0 atom stereocenters. The molecule has 3 rings (SSSR count). The first-order chi connectivity index (χ1) is 14.6. The maximum atomic E-state index is 12.9. The van der Waals surface area contributed by atoms with Crippen LogP contribution in [-0.2, 0) is 20.7 Å². The number of hydrogen-bond acceptors (Lipinski definition) is 6. The minimum Gasteiger partial charge on any atom is -0.482 e. The van der Waals surface area contributed by atoms with Crippen molar-refractivity contribution >= 4 is 28.8 Å². The predicted octanol–water partition coefficient (Wildman–Crippen LogP) is 3.37. The molecule has 30 heavy (non-hydrogen) atoms. The third-order valence-electron chi connectivity index (χ3n) is 4.90. The largest absolute Gasteiger partial charge is 0.482 e. The molecule has 0 spiro atoms. The van der Waals surface area contributed by atoms with Crippen molar-refractivity contribution < 1.29 is 19.1 Å². The van der Waals surface area contributed by atoms with Gasteiger partial charge in [-0.2, -0.15) is 0 Å². The van der Waals surface area contributed by atoms with Crippen LogP contribution in [0.4, 0.5) is 5.69 Å². The molecule has 8 heteroatoms. The van der Waals surface area contributed by atoms with Crippen LogP contribution >= 0.6 is 11.3 Å². The van der Waals surface area contributed by atoms with Gasteiger partial charge in [-0.15, -0.1) is 11.3 Å². The number of amides is 2. The number of fused-ring (bicyclic) bond motifs is 1. The minimum absolute atomic E-state index is 0.0226. The molecule has 0 saturated carbocycles. The van der Waals surface area contributed by atoms with Crippen LogP contribution in [0.3, 0.4) is 0 Å². The van der Waals surface area contributed by atoms with Crippen molar-refractivity contribution in [2.24, 2.45) is 0 Å². The van der Waals surface area contributed by atoms with Gasteiger partial charge < -0.3 is 14.4 Å². The van der Waals surface area contributed by atoms with E-state index in [1.165, 1.54) is 0 Å². The van der Waals surface area contributed by atoms with Gasteiger partial charge in [-0.05, 0) is 31.0 Å². The lowest BCUT2D eigenvalue weighted by molar-refractivity contribution is -0.132. The van der Waals surface area contributed by atoms with Crippen LogP contribution in [0.25, 0.3) is 11.3 Å². The highest BCUT2D eigenvalue weighted by Crippen LogP contribution is 2.36. The fourth-order valence-corrected chi connectivity index (χ4v) is 4.21. The summed E-state index contributed by atoms with van der Waals surface area (Å²) in [7, 11) is 1.67. The smallest absolute Gasteiger partial charge is 0.265 e. The van der Waals surface area contributed by atoms with Crippen LogP contribution in [0.2, 0.25) is 0 Å². The van der Waals surface area contributed by atoms with Gasteiger partial charge in [0.15, 0.2) is 6.61 Å². The number of rotatable bonds is 10. The Labute approximate surface area is 181 Å². The van der Waals surface area contributed by atoms with Gasteiger partial charge in [-0.25, -0.2) is 4.98 Å². The highest BCUT2D eigenvalue weighted by molar-refractivity contribution is 7.09. The molecule has 2 amide bonds. The molecule has 0 aliphatic carbocycles. The lowest BCUT2D eigenvalue weighted by Gasteiger charge is -2.31. The highest BCUT2D eigenvalue weighted by Gasteiger charge is 2.29. The van der Waals surface area contributed by atoms with Gasteiger partial charge >= 0.3 is 0 Å². The molecule has 0 saturated heterocycles. The van der Waals surface area contributed by atoms with E-state index in [-0.39, 0.29) is 25.0 Å². The number of thiazole rings is 1. The van der Waals surface area contributed by atoms with Crippen LogP contribution in [0.5, 0.6) is 5.75 Å². The lowest BCUT2D eigenvalue weighted by atomic mass is 10.1. The van der Waals surface area contributed by atoms with Crippen LogP contribution in [0.15, 0.2) is 23.6 Å². The Bertz CT molecular complexity index is 877. The number of anilines is 1. The minimum atomic E-state index is -0.208. The predicted molar refractivity (Wildman–Crippen MR) is 118 cm³/mol. The van der Waals surface area contributed by atoms with Crippen molar-refractivity contribution in [2.75, 3.05) is 44.9 Å². The summed E-state index contributed by atoms with van der Waals surface area (Å²) in [6, 6.07) is 5.67. The number of benzene rings is 1. The van der Waals surface area contributed by atoms with E-state index in [0.717, 1.165) is 35.5 Å². The van der Waals surface area contributed by atoms with E-state index in [4.69, 9.17) is 9.47 Å².